The summed E-state index contributed by atoms with van der Waals surface area (Å²) >= 11 is 0. The molecule has 0 heterocycles. The molecular formula is C24H25FN2O3. The second-order valence-corrected chi connectivity index (χ2v) is 6.98. The van der Waals surface area contributed by atoms with Gasteiger partial charge in [-0.3, -0.25) is 9.59 Å². The molecular weight excluding hydrogens is 383 g/mol. The predicted octanol–water partition coefficient (Wildman–Crippen LogP) is 3.91. The first kappa shape index (κ1) is 21.3. The van der Waals surface area contributed by atoms with Crippen LogP contribution in [0.15, 0.2) is 66.7 Å². The third-order valence-electron chi connectivity index (χ3n) is 4.89. The molecule has 30 heavy (non-hydrogen) atoms. The zero-order valence-corrected chi connectivity index (χ0v) is 17.1. The van der Waals surface area contributed by atoms with E-state index in [1.807, 2.05) is 49.4 Å². The molecule has 3 aromatic rings. The van der Waals surface area contributed by atoms with E-state index in [1.54, 1.807) is 19.1 Å². The van der Waals surface area contributed by atoms with E-state index in [1.165, 1.54) is 17.0 Å². The van der Waals surface area contributed by atoms with Gasteiger partial charge in [-0.2, -0.15) is 0 Å². The lowest BCUT2D eigenvalue weighted by atomic mass is 10.1. The first-order chi connectivity index (χ1) is 14.5. The monoisotopic (exact) mass is 408 g/mol. The fourth-order valence-corrected chi connectivity index (χ4v) is 3.24. The maximum atomic E-state index is 13.2. The number of nitrogens with zero attached hydrogens (tertiary/aromatic N) is 1. The highest BCUT2D eigenvalue weighted by molar-refractivity contribution is 5.90. The molecule has 156 valence electrons. The number of carbonyl (C=O) groups is 2. The van der Waals surface area contributed by atoms with Crippen molar-refractivity contribution < 1.29 is 18.7 Å². The smallest absolute Gasteiger partial charge is 0.261 e. The van der Waals surface area contributed by atoms with Gasteiger partial charge in [-0.25, -0.2) is 4.39 Å². The zero-order chi connectivity index (χ0) is 21.5. The van der Waals surface area contributed by atoms with Gasteiger partial charge < -0.3 is 15.0 Å². The molecule has 1 atom stereocenters. The summed E-state index contributed by atoms with van der Waals surface area (Å²) in [6, 6.07) is 18.6. The second-order valence-electron chi connectivity index (χ2n) is 6.98. The quantitative estimate of drug-likeness (QED) is 0.615. The van der Waals surface area contributed by atoms with E-state index in [2.05, 4.69) is 5.32 Å². The summed E-state index contributed by atoms with van der Waals surface area (Å²) in [7, 11) is 0. The minimum Gasteiger partial charge on any atom is -0.483 e. The molecule has 0 bridgehead atoms. The summed E-state index contributed by atoms with van der Waals surface area (Å²) in [5, 5.41) is 4.67. The third-order valence-corrected chi connectivity index (χ3v) is 4.89. The van der Waals surface area contributed by atoms with Gasteiger partial charge in [0.15, 0.2) is 6.61 Å². The van der Waals surface area contributed by atoms with Crippen molar-refractivity contribution in [3.05, 3.63) is 78.1 Å². The lowest BCUT2D eigenvalue weighted by molar-refractivity contribution is -0.142. The number of likely N-dealkylation sites (N-methyl/N-ethyl adjacent to an activating group) is 1. The van der Waals surface area contributed by atoms with Crippen LogP contribution in [0.4, 0.5) is 4.39 Å². The van der Waals surface area contributed by atoms with Crippen LogP contribution in [0.25, 0.3) is 10.8 Å². The number of carbonyl (C=O) groups excluding carboxylic acids is 2. The van der Waals surface area contributed by atoms with Crippen LogP contribution in [0.2, 0.25) is 0 Å². The zero-order valence-electron chi connectivity index (χ0n) is 17.1. The van der Waals surface area contributed by atoms with Crippen molar-refractivity contribution in [3.63, 3.8) is 0 Å². The predicted molar refractivity (Wildman–Crippen MR) is 115 cm³/mol. The Kier molecular flexibility index (Phi) is 7.01. The van der Waals surface area contributed by atoms with Crippen LogP contribution < -0.4 is 10.1 Å². The van der Waals surface area contributed by atoms with Gasteiger partial charge in [0.05, 0.1) is 0 Å². The van der Waals surface area contributed by atoms with Crippen LogP contribution in [-0.4, -0.2) is 35.9 Å². The van der Waals surface area contributed by atoms with Crippen LogP contribution in [0.5, 0.6) is 5.75 Å². The Bertz CT molecular complexity index is 1020. The minimum absolute atomic E-state index is 0.177. The number of fused-ring (bicyclic) bond motifs is 1. The van der Waals surface area contributed by atoms with Crippen molar-refractivity contribution in [2.24, 2.45) is 0 Å². The third kappa shape index (κ3) is 5.14. The number of rotatable bonds is 8. The number of ether oxygens (including phenoxy) is 1. The molecule has 0 aliphatic carbocycles. The van der Waals surface area contributed by atoms with E-state index < -0.39 is 6.04 Å². The lowest BCUT2D eigenvalue weighted by Gasteiger charge is -2.28. The number of hydrogen-bond donors (Lipinski definition) is 1. The van der Waals surface area contributed by atoms with E-state index in [-0.39, 0.29) is 30.8 Å². The first-order valence-electron chi connectivity index (χ1n) is 9.91. The normalized spacial score (nSPS) is 11.7. The second kappa shape index (κ2) is 9.87. The molecule has 0 saturated carbocycles. The van der Waals surface area contributed by atoms with E-state index in [0.717, 1.165) is 16.3 Å². The number of benzene rings is 3. The maximum absolute atomic E-state index is 13.2. The summed E-state index contributed by atoms with van der Waals surface area (Å²) < 4.78 is 19.1. The van der Waals surface area contributed by atoms with Crippen molar-refractivity contribution in [2.45, 2.75) is 26.4 Å². The van der Waals surface area contributed by atoms with E-state index in [4.69, 9.17) is 4.74 Å². The fourth-order valence-electron chi connectivity index (χ4n) is 3.24. The van der Waals surface area contributed by atoms with Crippen molar-refractivity contribution in [1.82, 2.24) is 10.2 Å². The molecule has 0 radical (unpaired) electrons. The van der Waals surface area contributed by atoms with Gasteiger partial charge in [0.2, 0.25) is 5.91 Å². The van der Waals surface area contributed by atoms with Gasteiger partial charge in [-0.1, -0.05) is 48.5 Å². The van der Waals surface area contributed by atoms with Gasteiger partial charge in [0.25, 0.3) is 5.91 Å². The molecule has 1 N–H and O–H groups in total. The Morgan fingerprint density at radius 3 is 2.47 bits per heavy atom. The molecule has 5 nitrogen and oxygen atoms in total. The maximum Gasteiger partial charge on any atom is 0.261 e. The molecule has 1 unspecified atom stereocenters. The molecule has 3 rings (SSSR count). The van der Waals surface area contributed by atoms with Crippen LogP contribution in [-0.2, 0) is 16.1 Å². The van der Waals surface area contributed by atoms with Gasteiger partial charge in [0, 0.05) is 18.5 Å². The topological polar surface area (TPSA) is 58.6 Å². The first-order valence-corrected chi connectivity index (χ1v) is 9.91. The number of hydrogen-bond acceptors (Lipinski definition) is 3. The van der Waals surface area contributed by atoms with Crippen molar-refractivity contribution in [2.75, 3.05) is 13.2 Å². The van der Waals surface area contributed by atoms with E-state index >= 15 is 0 Å². The van der Waals surface area contributed by atoms with Crippen LogP contribution in [0.3, 0.4) is 0 Å². The number of amides is 2. The SMILES string of the molecule is CCNC(=O)C(C)N(Cc1ccc(F)cc1)C(=O)COc1cccc2ccccc12. The fraction of sp³-hybridized carbons (Fsp3) is 0.250. The highest BCUT2D eigenvalue weighted by Crippen LogP contribution is 2.25. The Balaban J connectivity index is 1.78. The standard InChI is InChI=1S/C24H25FN2O3/c1-3-26-24(29)17(2)27(15-18-11-13-20(25)14-12-18)23(28)16-30-22-10-6-8-19-7-4-5-9-21(19)22/h4-14,17H,3,15-16H2,1-2H3,(H,26,29). The van der Waals surface area contributed by atoms with E-state index in [9.17, 15) is 14.0 Å². The summed E-state index contributed by atoms with van der Waals surface area (Å²) in [6.07, 6.45) is 0. The summed E-state index contributed by atoms with van der Waals surface area (Å²) in [5.74, 6) is -0.328. The average Bonchev–Trinajstić information content (AvgIpc) is 2.76. The van der Waals surface area contributed by atoms with Gasteiger partial charge >= 0.3 is 0 Å². The molecule has 6 heteroatoms. The van der Waals surface area contributed by atoms with Crippen molar-refractivity contribution in [3.8, 4) is 5.75 Å². The summed E-state index contributed by atoms with van der Waals surface area (Å²) in [4.78, 5) is 26.8. The molecule has 0 saturated heterocycles. The van der Waals surface area contributed by atoms with Crippen LogP contribution in [0, 0.1) is 5.82 Å². The molecule has 0 aliphatic heterocycles. The largest absolute Gasteiger partial charge is 0.483 e. The Morgan fingerprint density at radius 2 is 1.73 bits per heavy atom. The van der Waals surface area contributed by atoms with Crippen molar-refractivity contribution >= 4 is 22.6 Å². The van der Waals surface area contributed by atoms with Crippen molar-refractivity contribution in [1.29, 1.82) is 0 Å². The molecule has 0 fully saturated rings. The van der Waals surface area contributed by atoms with Crippen LogP contribution >= 0.6 is 0 Å². The average molecular weight is 408 g/mol. The molecule has 0 aromatic heterocycles. The number of halogens is 1. The molecule has 0 spiro atoms. The van der Waals surface area contributed by atoms with Gasteiger partial charge in [-0.15, -0.1) is 0 Å². The highest BCUT2D eigenvalue weighted by atomic mass is 19.1. The van der Waals surface area contributed by atoms with Gasteiger partial charge in [0.1, 0.15) is 17.6 Å². The molecule has 0 aliphatic rings. The number of nitrogens with one attached hydrogen (secondary N) is 1. The Hall–Kier alpha value is -3.41. The van der Waals surface area contributed by atoms with Crippen LogP contribution in [0.1, 0.15) is 19.4 Å². The minimum atomic E-state index is -0.696. The molecule has 2 amide bonds. The van der Waals surface area contributed by atoms with Gasteiger partial charge in [-0.05, 0) is 43.0 Å². The lowest BCUT2D eigenvalue weighted by Crippen LogP contribution is -2.49. The Labute approximate surface area is 175 Å². The van der Waals surface area contributed by atoms with E-state index in [0.29, 0.717) is 12.3 Å². The summed E-state index contributed by atoms with van der Waals surface area (Å²) in [5.41, 5.74) is 0.728. The molecule has 3 aromatic carbocycles. The summed E-state index contributed by atoms with van der Waals surface area (Å²) in [6.45, 7) is 3.92. The Morgan fingerprint density at radius 1 is 1.03 bits per heavy atom. The highest BCUT2D eigenvalue weighted by Gasteiger charge is 2.26.